The van der Waals surface area contributed by atoms with Crippen molar-refractivity contribution in [3.63, 3.8) is 0 Å². The highest BCUT2D eigenvalue weighted by Crippen LogP contribution is 2.24. The molecule has 0 spiro atoms. The molecule has 0 unspecified atom stereocenters. The van der Waals surface area contributed by atoms with Crippen molar-refractivity contribution in [2.24, 2.45) is 0 Å². The van der Waals surface area contributed by atoms with Gasteiger partial charge in [-0.1, -0.05) is 17.8 Å². The van der Waals surface area contributed by atoms with E-state index in [0.717, 1.165) is 5.76 Å². The lowest BCUT2D eigenvalue weighted by Crippen LogP contribution is -2.15. The smallest absolute Gasteiger partial charge is 0.234 e. The van der Waals surface area contributed by atoms with Crippen molar-refractivity contribution in [1.82, 2.24) is 24.7 Å². The van der Waals surface area contributed by atoms with Gasteiger partial charge < -0.3 is 14.5 Å². The molecule has 4 rings (SSSR count). The quantitative estimate of drug-likeness (QED) is 0.432. The molecule has 30 heavy (non-hydrogen) atoms. The third-order valence-corrected chi connectivity index (χ3v) is 5.06. The van der Waals surface area contributed by atoms with Crippen LogP contribution in [0.2, 0.25) is 0 Å². The molecular weight excluding hydrogens is 404 g/mol. The van der Waals surface area contributed by atoms with Crippen molar-refractivity contribution in [3.05, 3.63) is 67.0 Å². The molecule has 1 N–H and O–H groups in total. The van der Waals surface area contributed by atoms with E-state index in [1.807, 2.05) is 28.8 Å². The predicted octanol–water partition coefficient (Wildman–Crippen LogP) is 3.12. The Balaban J connectivity index is 1.50. The average Bonchev–Trinajstić information content (AvgIpc) is 3.43. The van der Waals surface area contributed by atoms with Gasteiger partial charge in [0.1, 0.15) is 17.2 Å². The molecule has 10 heteroatoms. The zero-order valence-corrected chi connectivity index (χ0v) is 16.9. The predicted molar refractivity (Wildman–Crippen MR) is 111 cm³/mol. The SMILES string of the molecule is COc1cccc(NC(=O)CSc2nnc(-c3cnccn3)n2Cc2ccco2)c1. The monoisotopic (exact) mass is 422 g/mol. The largest absolute Gasteiger partial charge is 0.497 e. The van der Waals surface area contributed by atoms with E-state index >= 15 is 0 Å². The molecule has 4 aromatic rings. The third kappa shape index (κ3) is 4.66. The van der Waals surface area contributed by atoms with Crippen LogP contribution in [-0.2, 0) is 11.3 Å². The number of amides is 1. The molecule has 0 saturated carbocycles. The molecule has 152 valence electrons. The number of benzene rings is 1. The van der Waals surface area contributed by atoms with Gasteiger partial charge in [-0.3, -0.25) is 14.3 Å². The van der Waals surface area contributed by atoms with Crippen LogP contribution < -0.4 is 10.1 Å². The molecular formula is C20H18N6O3S. The van der Waals surface area contributed by atoms with Gasteiger partial charge in [-0.25, -0.2) is 4.98 Å². The molecule has 0 bridgehead atoms. The highest BCUT2D eigenvalue weighted by atomic mass is 32.2. The van der Waals surface area contributed by atoms with Gasteiger partial charge in [0, 0.05) is 24.1 Å². The number of hydrogen-bond donors (Lipinski definition) is 1. The molecule has 0 atom stereocenters. The summed E-state index contributed by atoms with van der Waals surface area (Å²) in [5.74, 6) is 1.96. The highest BCUT2D eigenvalue weighted by Gasteiger charge is 2.18. The molecule has 1 aromatic carbocycles. The maximum absolute atomic E-state index is 12.4. The Morgan fingerprint density at radius 1 is 1.23 bits per heavy atom. The van der Waals surface area contributed by atoms with Crippen molar-refractivity contribution >= 4 is 23.4 Å². The number of carbonyl (C=O) groups excluding carboxylic acids is 1. The van der Waals surface area contributed by atoms with E-state index in [1.54, 1.807) is 44.1 Å². The van der Waals surface area contributed by atoms with E-state index in [4.69, 9.17) is 9.15 Å². The van der Waals surface area contributed by atoms with E-state index in [9.17, 15) is 4.79 Å². The second-order valence-corrected chi connectivity index (χ2v) is 7.07. The molecule has 0 saturated heterocycles. The average molecular weight is 422 g/mol. The van der Waals surface area contributed by atoms with E-state index in [1.165, 1.54) is 11.8 Å². The summed E-state index contributed by atoms with van der Waals surface area (Å²) in [5.41, 5.74) is 1.25. The van der Waals surface area contributed by atoms with Crippen LogP contribution in [0.15, 0.2) is 70.8 Å². The van der Waals surface area contributed by atoms with Crippen LogP contribution in [0.5, 0.6) is 5.75 Å². The first-order valence-corrected chi connectivity index (χ1v) is 10.00. The van der Waals surface area contributed by atoms with Crippen molar-refractivity contribution in [1.29, 1.82) is 0 Å². The Labute approximate surface area is 176 Å². The zero-order chi connectivity index (χ0) is 20.8. The summed E-state index contributed by atoms with van der Waals surface area (Å²) in [6.07, 6.45) is 6.41. The number of anilines is 1. The van der Waals surface area contributed by atoms with Crippen LogP contribution in [0.4, 0.5) is 5.69 Å². The minimum Gasteiger partial charge on any atom is -0.497 e. The van der Waals surface area contributed by atoms with Gasteiger partial charge in [-0.15, -0.1) is 10.2 Å². The number of hydrogen-bond acceptors (Lipinski definition) is 8. The van der Waals surface area contributed by atoms with Gasteiger partial charge in [-0.05, 0) is 24.3 Å². The van der Waals surface area contributed by atoms with E-state index in [2.05, 4.69) is 25.5 Å². The summed E-state index contributed by atoms with van der Waals surface area (Å²) in [6, 6.07) is 10.9. The molecule has 0 aliphatic carbocycles. The minimum absolute atomic E-state index is 0.161. The van der Waals surface area contributed by atoms with Gasteiger partial charge in [0.2, 0.25) is 5.91 Å². The normalized spacial score (nSPS) is 10.7. The third-order valence-electron chi connectivity index (χ3n) is 4.09. The summed E-state index contributed by atoms with van der Waals surface area (Å²) in [6.45, 7) is 0.408. The Morgan fingerprint density at radius 2 is 2.17 bits per heavy atom. The number of nitrogens with zero attached hydrogens (tertiary/aromatic N) is 5. The van der Waals surface area contributed by atoms with Crippen molar-refractivity contribution in [3.8, 4) is 17.3 Å². The lowest BCUT2D eigenvalue weighted by Gasteiger charge is -2.09. The number of thioether (sulfide) groups is 1. The van der Waals surface area contributed by atoms with Gasteiger partial charge in [0.05, 0.1) is 31.9 Å². The summed E-state index contributed by atoms with van der Waals surface area (Å²) in [5, 5.41) is 11.9. The summed E-state index contributed by atoms with van der Waals surface area (Å²) >= 11 is 1.28. The number of methoxy groups -OCH3 is 1. The van der Waals surface area contributed by atoms with Crippen LogP contribution >= 0.6 is 11.8 Å². The van der Waals surface area contributed by atoms with E-state index in [-0.39, 0.29) is 11.7 Å². The first-order valence-electron chi connectivity index (χ1n) is 9.01. The second kappa shape index (κ2) is 9.23. The molecule has 3 aromatic heterocycles. The van der Waals surface area contributed by atoms with Gasteiger partial charge in [-0.2, -0.15) is 0 Å². The molecule has 0 aliphatic rings. The minimum atomic E-state index is -0.165. The Kier molecular flexibility index (Phi) is 6.04. The zero-order valence-electron chi connectivity index (χ0n) is 16.1. The highest BCUT2D eigenvalue weighted by molar-refractivity contribution is 7.99. The maximum atomic E-state index is 12.4. The second-order valence-electron chi connectivity index (χ2n) is 6.13. The fraction of sp³-hybridized carbons (Fsp3) is 0.150. The molecule has 0 fully saturated rings. The molecule has 1 amide bonds. The van der Waals surface area contributed by atoms with Gasteiger partial charge >= 0.3 is 0 Å². The van der Waals surface area contributed by atoms with Crippen LogP contribution in [0.25, 0.3) is 11.5 Å². The molecule has 0 aliphatic heterocycles. The summed E-state index contributed by atoms with van der Waals surface area (Å²) in [7, 11) is 1.58. The first-order chi connectivity index (χ1) is 14.7. The van der Waals surface area contributed by atoms with Crippen molar-refractivity contribution in [2.75, 3.05) is 18.2 Å². The number of aromatic nitrogens is 5. The van der Waals surface area contributed by atoms with Gasteiger partial charge in [0.25, 0.3) is 0 Å². The molecule has 3 heterocycles. The van der Waals surface area contributed by atoms with Crippen molar-refractivity contribution in [2.45, 2.75) is 11.7 Å². The summed E-state index contributed by atoms with van der Waals surface area (Å²) in [4.78, 5) is 20.8. The Morgan fingerprint density at radius 3 is 2.93 bits per heavy atom. The fourth-order valence-electron chi connectivity index (χ4n) is 2.73. The maximum Gasteiger partial charge on any atom is 0.234 e. The molecule has 0 radical (unpaired) electrons. The van der Waals surface area contributed by atoms with Crippen molar-refractivity contribution < 1.29 is 13.9 Å². The number of furan rings is 1. The number of nitrogens with one attached hydrogen (secondary N) is 1. The Hall–Kier alpha value is -3.66. The van der Waals surface area contributed by atoms with Crippen LogP contribution in [0.1, 0.15) is 5.76 Å². The van der Waals surface area contributed by atoms with E-state index in [0.29, 0.717) is 34.7 Å². The fourth-order valence-corrected chi connectivity index (χ4v) is 3.47. The lowest BCUT2D eigenvalue weighted by molar-refractivity contribution is -0.113. The first kappa shape index (κ1) is 19.6. The topological polar surface area (TPSA) is 108 Å². The number of rotatable bonds is 8. The Bertz CT molecular complexity index is 1110. The summed E-state index contributed by atoms with van der Waals surface area (Å²) < 4.78 is 12.5. The van der Waals surface area contributed by atoms with E-state index < -0.39 is 0 Å². The number of ether oxygens (including phenoxy) is 1. The molecule has 9 nitrogen and oxygen atoms in total. The number of carbonyl (C=O) groups is 1. The van der Waals surface area contributed by atoms with Crippen LogP contribution in [0.3, 0.4) is 0 Å². The standard InChI is InChI=1S/C20H18N6O3S/c1-28-15-5-2-4-14(10-15)23-18(27)13-30-20-25-24-19(17-11-21-7-8-22-17)26(20)12-16-6-3-9-29-16/h2-11H,12-13H2,1H3,(H,23,27). The lowest BCUT2D eigenvalue weighted by atomic mass is 10.3. The van der Waals surface area contributed by atoms with Gasteiger partial charge in [0.15, 0.2) is 11.0 Å². The van der Waals surface area contributed by atoms with Crippen LogP contribution in [-0.4, -0.2) is 43.5 Å². The van der Waals surface area contributed by atoms with Crippen LogP contribution in [0, 0.1) is 0 Å².